The van der Waals surface area contributed by atoms with Crippen LogP contribution in [0.3, 0.4) is 0 Å². The lowest BCUT2D eigenvalue weighted by atomic mass is 9.79. The van der Waals surface area contributed by atoms with E-state index < -0.39 is 0 Å². The fourth-order valence-corrected chi connectivity index (χ4v) is 2.58. The van der Waals surface area contributed by atoms with Gasteiger partial charge in [-0.05, 0) is 29.4 Å². The number of carbonyl (C=O) groups is 1. The first-order chi connectivity index (χ1) is 11.5. The van der Waals surface area contributed by atoms with Crippen LogP contribution in [0.1, 0.15) is 78.9 Å². The number of benzene rings is 1. The lowest BCUT2D eigenvalue weighted by Gasteiger charge is -2.29. The highest BCUT2D eigenvalue weighted by Gasteiger charge is 2.29. The van der Waals surface area contributed by atoms with Crippen LogP contribution in [0.4, 0.5) is 0 Å². The van der Waals surface area contributed by atoms with Crippen LogP contribution >= 0.6 is 0 Å². The topological polar surface area (TPSA) is 35.5 Å². The molecule has 1 rings (SSSR count). The van der Waals surface area contributed by atoms with Gasteiger partial charge in [-0.2, -0.15) is 0 Å². The minimum absolute atomic E-state index is 0.171. The van der Waals surface area contributed by atoms with E-state index >= 15 is 0 Å². The van der Waals surface area contributed by atoms with Gasteiger partial charge < -0.3 is 9.47 Å². The molecule has 0 aromatic heterocycles. The van der Waals surface area contributed by atoms with Crippen molar-refractivity contribution in [3.05, 3.63) is 35.4 Å². The van der Waals surface area contributed by atoms with Crippen LogP contribution in [0.15, 0.2) is 24.3 Å². The summed E-state index contributed by atoms with van der Waals surface area (Å²) in [6.07, 6.45) is 6.52. The normalized spacial score (nSPS) is 12.5. The van der Waals surface area contributed by atoms with Crippen LogP contribution in [0.2, 0.25) is 0 Å². The van der Waals surface area contributed by atoms with E-state index in [1.54, 1.807) is 13.2 Å². The largest absolute Gasteiger partial charge is 0.497 e. The van der Waals surface area contributed by atoms with Crippen molar-refractivity contribution in [3.63, 3.8) is 0 Å². The summed E-state index contributed by atoms with van der Waals surface area (Å²) < 4.78 is 11.3. The summed E-state index contributed by atoms with van der Waals surface area (Å²) in [5, 5.41) is 0. The third-order valence-electron chi connectivity index (χ3n) is 4.10. The van der Waals surface area contributed by atoms with Gasteiger partial charge in [-0.1, -0.05) is 67.4 Å². The molecule has 1 aromatic carbocycles. The van der Waals surface area contributed by atoms with Gasteiger partial charge in [-0.25, -0.2) is 4.79 Å². The molecule has 0 amide bonds. The molecule has 0 aliphatic heterocycles. The highest BCUT2D eigenvalue weighted by molar-refractivity contribution is 5.84. The summed E-state index contributed by atoms with van der Waals surface area (Å²) in [7, 11) is 1.66. The molecule has 3 heteroatoms. The van der Waals surface area contributed by atoms with Crippen molar-refractivity contribution in [1.29, 1.82) is 0 Å². The second kappa shape index (κ2) is 8.55. The second-order valence-electron chi connectivity index (χ2n) is 8.52. The third kappa shape index (κ3) is 6.22. The zero-order chi connectivity index (χ0) is 19.3. The van der Waals surface area contributed by atoms with Gasteiger partial charge in [0.05, 0.1) is 7.11 Å². The monoisotopic (exact) mass is 346 g/mol. The van der Waals surface area contributed by atoms with Gasteiger partial charge in [0.2, 0.25) is 0 Å². The summed E-state index contributed by atoms with van der Waals surface area (Å²) >= 11 is 0. The molecule has 3 nitrogen and oxygen atoms in total. The summed E-state index contributed by atoms with van der Waals surface area (Å²) in [5.41, 5.74) is 1.62. The van der Waals surface area contributed by atoms with E-state index in [4.69, 9.17) is 9.47 Å². The van der Waals surface area contributed by atoms with Crippen LogP contribution in [0.25, 0.3) is 0 Å². The number of unbranched alkanes of at least 4 members (excludes halogenated alkanes) is 2. The molecule has 0 spiro atoms. The molecule has 1 aromatic rings. The maximum absolute atomic E-state index is 12.3. The third-order valence-corrected chi connectivity index (χ3v) is 4.10. The Bertz CT molecular complexity index is 578. The fraction of sp³-hybridized carbons (Fsp3) is 0.591. The maximum atomic E-state index is 12.3. The van der Waals surface area contributed by atoms with Crippen LogP contribution in [-0.4, -0.2) is 13.1 Å². The van der Waals surface area contributed by atoms with E-state index in [9.17, 15) is 4.79 Å². The molecule has 0 saturated heterocycles. The van der Waals surface area contributed by atoms with E-state index in [1.807, 2.05) is 18.2 Å². The Morgan fingerprint density at radius 2 is 1.56 bits per heavy atom. The molecular formula is C22H34O3. The molecule has 0 fully saturated rings. The van der Waals surface area contributed by atoms with Gasteiger partial charge in [0.1, 0.15) is 11.5 Å². The first kappa shape index (κ1) is 21.3. The van der Waals surface area contributed by atoms with E-state index in [0.717, 1.165) is 36.1 Å². The number of esters is 1. The summed E-state index contributed by atoms with van der Waals surface area (Å²) in [5.74, 6) is 1.12. The predicted molar refractivity (Wildman–Crippen MR) is 105 cm³/mol. The molecule has 0 saturated carbocycles. The van der Waals surface area contributed by atoms with E-state index in [2.05, 4.69) is 48.5 Å². The second-order valence-corrected chi connectivity index (χ2v) is 8.52. The molecule has 25 heavy (non-hydrogen) atoms. The Morgan fingerprint density at radius 3 is 1.96 bits per heavy atom. The Labute approximate surface area is 153 Å². The molecule has 0 unspecified atom stereocenters. The Balaban J connectivity index is 3.35. The van der Waals surface area contributed by atoms with Gasteiger partial charge in [0.15, 0.2) is 0 Å². The van der Waals surface area contributed by atoms with Crippen molar-refractivity contribution in [2.24, 2.45) is 0 Å². The number of rotatable bonds is 6. The number of carbonyl (C=O) groups excluding carboxylic acids is 1. The molecule has 0 N–H and O–H groups in total. The zero-order valence-corrected chi connectivity index (χ0v) is 17.2. The Morgan fingerprint density at radius 1 is 1.04 bits per heavy atom. The van der Waals surface area contributed by atoms with Gasteiger partial charge in [-0.3, -0.25) is 0 Å². The predicted octanol–water partition coefficient (Wildman–Crippen LogP) is 5.94. The first-order valence-corrected chi connectivity index (χ1v) is 9.12. The average Bonchev–Trinajstić information content (AvgIpc) is 2.49. The van der Waals surface area contributed by atoms with Gasteiger partial charge in [0, 0.05) is 17.2 Å². The van der Waals surface area contributed by atoms with Crippen LogP contribution in [0.5, 0.6) is 11.5 Å². The zero-order valence-electron chi connectivity index (χ0n) is 17.2. The van der Waals surface area contributed by atoms with Crippen molar-refractivity contribution >= 4 is 5.97 Å². The SMILES string of the molecule is CCCC/C=C/C(=O)Oc1c(C(C)(C)C)cc(OC)cc1C(C)(C)C. The number of ether oxygens (including phenoxy) is 2. The quantitative estimate of drug-likeness (QED) is 0.277. The lowest BCUT2D eigenvalue weighted by molar-refractivity contribution is -0.129. The standard InChI is InChI=1S/C22H34O3/c1-9-10-11-12-13-19(23)25-20-17(21(2,3)4)14-16(24-8)15-18(20)22(5,6)7/h12-15H,9-11H2,1-8H3/b13-12+. The summed E-state index contributed by atoms with van der Waals surface area (Å²) in [6, 6.07) is 3.94. The van der Waals surface area contributed by atoms with Gasteiger partial charge >= 0.3 is 5.97 Å². The molecule has 0 aliphatic rings. The highest BCUT2D eigenvalue weighted by atomic mass is 16.5. The molecule has 0 radical (unpaired) electrons. The van der Waals surface area contributed by atoms with Crippen LogP contribution in [-0.2, 0) is 15.6 Å². The molecule has 0 aliphatic carbocycles. The fourth-order valence-electron chi connectivity index (χ4n) is 2.58. The molecule has 140 valence electrons. The van der Waals surface area contributed by atoms with E-state index in [1.165, 1.54) is 0 Å². The molecular weight excluding hydrogens is 312 g/mol. The molecule has 0 atom stereocenters. The van der Waals surface area contributed by atoms with Crippen molar-refractivity contribution in [2.75, 3.05) is 7.11 Å². The lowest BCUT2D eigenvalue weighted by Crippen LogP contribution is -2.21. The minimum Gasteiger partial charge on any atom is -0.497 e. The van der Waals surface area contributed by atoms with Crippen molar-refractivity contribution in [1.82, 2.24) is 0 Å². The van der Waals surface area contributed by atoms with Crippen LogP contribution < -0.4 is 9.47 Å². The van der Waals surface area contributed by atoms with Crippen molar-refractivity contribution in [2.45, 2.75) is 78.6 Å². The average molecular weight is 347 g/mol. The van der Waals surface area contributed by atoms with Crippen LogP contribution in [0, 0.1) is 0 Å². The number of hydrogen-bond acceptors (Lipinski definition) is 3. The Kier molecular flexibility index (Phi) is 7.28. The van der Waals surface area contributed by atoms with E-state index in [0.29, 0.717) is 5.75 Å². The molecule has 0 heterocycles. The number of allylic oxidation sites excluding steroid dienone is 1. The number of methoxy groups -OCH3 is 1. The van der Waals surface area contributed by atoms with Crippen molar-refractivity contribution in [3.8, 4) is 11.5 Å². The highest BCUT2D eigenvalue weighted by Crippen LogP contribution is 2.42. The first-order valence-electron chi connectivity index (χ1n) is 9.12. The van der Waals surface area contributed by atoms with Gasteiger partial charge in [0.25, 0.3) is 0 Å². The van der Waals surface area contributed by atoms with Gasteiger partial charge in [-0.15, -0.1) is 0 Å². The molecule has 0 bridgehead atoms. The Hall–Kier alpha value is -1.77. The smallest absolute Gasteiger partial charge is 0.335 e. The summed E-state index contributed by atoms with van der Waals surface area (Å²) in [4.78, 5) is 12.3. The van der Waals surface area contributed by atoms with Crippen molar-refractivity contribution < 1.29 is 14.3 Å². The minimum atomic E-state index is -0.322. The van der Waals surface area contributed by atoms with E-state index in [-0.39, 0.29) is 16.8 Å². The number of hydrogen-bond donors (Lipinski definition) is 0. The maximum Gasteiger partial charge on any atom is 0.335 e. The summed E-state index contributed by atoms with van der Waals surface area (Å²) in [6.45, 7) is 14.8.